The molecule has 9 heteroatoms. The number of carboxylic acids is 1. The van der Waals surface area contributed by atoms with Crippen molar-refractivity contribution in [3.05, 3.63) is 16.1 Å². The van der Waals surface area contributed by atoms with Crippen molar-refractivity contribution in [2.45, 2.75) is 31.6 Å². The van der Waals surface area contributed by atoms with E-state index in [1.807, 2.05) is 12.3 Å². The number of hydrogen-bond acceptors (Lipinski definition) is 6. The molecular formula is C12H17N3O4S2. The van der Waals surface area contributed by atoms with Crippen LogP contribution in [-0.2, 0) is 20.1 Å². The molecule has 0 unspecified atom stereocenters. The number of carboxylic acid groups (broad SMARTS) is 1. The first-order valence-corrected chi connectivity index (χ1v) is 8.21. The Morgan fingerprint density at radius 3 is 2.76 bits per heavy atom. The zero-order valence-corrected chi connectivity index (χ0v) is 13.1. The highest BCUT2D eigenvalue weighted by Crippen LogP contribution is 2.14. The van der Waals surface area contributed by atoms with Crippen molar-refractivity contribution in [1.29, 1.82) is 0 Å². The Labute approximate surface area is 130 Å². The van der Waals surface area contributed by atoms with Crippen LogP contribution in [-0.4, -0.2) is 39.7 Å². The fourth-order valence-electron chi connectivity index (χ4n) is 1.50. The van der Waals surface area contributed by atoms with E-state index in [0.29, 0.717) is 5.75 Å². The van der Waals surface area contributed by atoms with Gasteiger partial charge in [-0.3, -0.25) is 9.59 Å². The normalized spacial score (nSPS) is 11.9. The smallest absolute Gasteiger partial charge is 0.326 e. The Kier molecular flexibility index (Phi) is 7.17. The van der Waals surface area contributed by atoms with Crippen molar-refractivity contribution in [2.75, 3.05) is 5.75 Å². The Bertz CT molecular complexity index is 518. The van der Waals surface area contributed by atoms with Crippen LogP contribution in [0.5, 0.6) is 0 Å². The first-order valence-electron chi connectivity index (χ1n) is 6.17. The third-order valence-corrected chi connectivity index (χ3v) is 4.25. The number of nitrogens with two attached hydrogens (primary N) is 1. The minimum Gasteiger partial charge on any atom is -0.480 e. The van der Waals surface area contributed by atoms with Crippen molar-refractivity contribution in [3.63, 3.8) is 0 Å². The number of aliphatic carboxylic acids is 1. The second-order valence-corrected chi connectivity index (χ2v) is 6.36. The van der Waals surface area contributed by atoms with Crippen molar-refractivity contribution in [1.82, 2.24) is 10.3 Å². The van der Waals surface area contributed by atoms with Crippen LogP contribution in [0, 0.1) is 6.92 Å². The molecule has 0 bridgehead atoms. The molecule has 0 saturated carbocycles. The van der Waals surface area contributed by atoms with Crippen LogP contribution >= 0.6 is 23.1 Å². The van der Waals surface area contributed by atoms with Crippen molar-refractivity contribution < 1.29 is 19.5 Å². The lowest BCUT2D eigenvalue weighted by atomic mass is 10.1. The lowest BCUT2D eigenvalue weighted by Crippen LogP contribution is -2.42. The highest BCUT2D eigenvalue weighted by molar-refractivity contribution is 7.99. The number of amides is 2. The summed E-state index contributed by atoms with van der Waals surface area (Å²) in [6.45, 7) is 1.90. The quantitative estimate of drug-likeness (QED) is 0.606. The topological polar surface area (TPSA) is 122 Å². The Balaban J connectivity index is 2.32. The molecule has 21 heavy (non-hydrogen) atoms. The van der Waals surface area contributed by atoms with E-state index in [0.717, 1.165) is 10.7 Å². The van der Waals surface area contributed by atoms with Gasteiger partial charge < -0.3 is 16.2 Å². The fraction of sp³-hybridized carbons (Fsp3) is 0.500. The number of nitrogens with zero attached hydrogens (tertiary/aromatic N) is 1. The van der Waals surface area contributed by atoms with Crippen LogP contribution in [0.25, 0.3) is 0 Å². The number of rotatable bonds is 9. The van der Waals surface area contributed by atoms with Crippen LogP contribution in [0.4, 0.5) is 0 Å². The van der Waals surface area contributed by atoms with Crippen molar-refractivity contribution in [3.8, 4) is 0 Å². The fourth-order valence-corrected chi connectivity index (χ4v) is 2.95. The van der Waals surface area contributed by atoms with E-state index in [4.69, 9.17) is 10.8 Å². The average molecular weight is 331 g/mol. The number of aromatic nitrogens is 1. The molecule has 1 aromatic rings. The van der Waals surface area contributed by atoms with Gasteiger partial charge in [0.15, 0.2) is 0 Å². The lowest BCUT2D eigenvalue weighted by molar-refractivity contribution is -0.141. The average Bonchev–Trinajstić information content (AvgIpc) is 2.79. The predicted molar refractivity (Wildman–Crippen MR) is 81.0 cm³/mol. The predicted octanol–water partition coefficient (Wildman–Crippen LogP) is 0.520. The summed E-state index contributed by atoms with van der Waals surface area (Å²) >= 11 is 2.89. The van der Waals surface area contributed by atoms with Gasteiger partial charge in [-0.05, 0) is 13.3 Å². The molecule has 1 heterocycles. The van der Waals surface area contributed by atoms with Gasteiger partial charge in [-0.15, -0.1) is 23.1 Å². The van der Waals surface area contributed by atoms with Gasteiger partial charge in [0, 0.05) is 17.6 Å². The van der Waals surface area contributed by atoms with E-state index in [1.54, 1.807) is 11.3 Å². The molecule has 0 radical (unpaired) electrons. The molecule has 0 aliphatic rings. The zero-order valence-electron chi connectivity index (χ0n) is 11.5. The van der Waals surface area contributed by atoms with Gasteiger partial charge >= 0.3 is 5.97 Å². The molecule has 0 spiro atoms. The van der Waals surface area contributed by atoms with Crippen LogP contribution < -0.4 is 11.1 Å². The molecule has 2 amide bonds. The van der Waals surface area contributed by atoms with Crippen LogP contribution in [0.15, 0.2) is 5.38 Å². The molecule has 4 N–H and O–H groups in total. The summed E-state index contributed by atoms with van der Waals surface area (Å²) in [7, 11) is 0. The lowest BCUT2D eigenvalue weighted by Gasteiger charge is -2.13. The molecule has 7 nitrogen and oxygen atoms in total. The molecule has 1 aromatic heterocycles. The van der Waals surface area contributed by atoms with Gasteiger partial charge in [-0.25, -0.2) is 9.78 Å². The van der Waals surface area contributed by atoms with Gasteiger partial charge in [0.05, 0.1) is 16.5 Å². The van der Waals surface area contributed by atoms with Crippen LogP contribution in [0.2, 0.25) is 0 Å². The van der Waals surface area contributed by atoms with Crippen LogP contribution in [0.3, 0.4) is 0 Å². The molecule has 1 atom stereocenters. The summed E-state index contributed by atoms with van der Waals surface area (Å²) < 4.78 is 0. The largest absolute Gasteiger partial charge is 0.480 e. The summed E-state index contributed by atoms with van der Waals surface area (Å²) in [5.41, 5.74) is 5.87. The van der Waals surface area contributed by atoms with E-state index in [-0.39, 0.29) is 24.5 Å². The molecule has 0 aliphatic heterocycles. The number of thiazole rings is 1. The third-order valence-electron chi connectivity index (χ3n) is 2.46. The molecule has 0 fully saturated rings. The van der Waals surface area contributed by atoms with E-state index in [9.17, 15) is 14.4 Å². The SMILES string of the molecule is Cc1nc(CSCC(=O)N[C@@H](CCC(N)=O)C(=O)O)cs1. The summed E-state index contributed by atoms with van der Waals surface area (Å²) in [6.07, 6.45) is -0.0884. The number of hydrogen-bond donors (Lipinski definition) is 3. The van der Waals surface area contributed by atoms with E-state index in [1.165, 1.54) is 11.8 Å². The molecule has 116 valence electrons. The van der Waals surface area contributed by atoms with E-state index >= 15 is 0 Å². The first kappa shape index (κ1) is 17.4. The van der Waals surface area contributed by atoms with Gasteiger partial charge in [0.2, 0.25) is 11.8 Å². The molecule has 1 rings (SSSR count). The highest BCUT2D eigenvalue weighted by Gasteiger charge is 2.20. The Morgan fingerprint density at radius 2 is 2.24 bits per heavy atom. The number of thioether (sulfide) groups is 1. The monoisotopic (exact) mass is 331 g/mol. The number of aryl methyl sites for hydroxylation is 1. The van der Waals surface area contributed by atoms with E-state index < -0.39 is 17.9 Å². The summed E-state index contributed by atoms with van der Waals surface area (Å²) in [6, 6.07) is -1.09. The summed E-state index contributed by atoms with van der Waals surface area (Å²) in [4.78, 5) is 37.5. The summed E-state index contributed by atoms with van der Waals surface area (Å²) in [5, 5.41) is 14.2. The second-order valence-electron chi connectivity index (χ2n) is 4.31. The second kappa shape index (κ2) is 8.63. The van der Waals surface area contributed by atoms with E-state index in [2.05, 4.69) is 10.3 Å². The first-order chi connectivity index (χ1) is 9.88. The summed E-state index contributed by atoms with van der Waals surface area (Å²) in [5.74, 6) is -1.43. The number of carbonyl (C=O) groups excluding carboxylic acids is 2. The van der Waals surface area contributed by atoms with Gasteiger partial charge in [-0.2, -0.15) is 0 Å². The highest BCUT2D eigenvalue weighted by atomic mass is 32.2. The standard InChI is InChI=1S/C12H17N3O4S2/c1-7-14-8(5-21-7)4-20-6-11(17)15-9(12(18)19)2-3-10(13)16/h5,9H,2-4,6H2,1H3,(H2,13,16)(H,15,17)(H,18,19)/t9-/m0/s1. The van der Waals surface area contributed by atoms with Gasteiger partial charge in [0.1, 0.15) is 6.04 Å². The van der Waals surface area contributed by atoms with Gasteiger partial charge in [0.25, 0.3) is 0 Å². The molecule has 0 saturated heterocycles. The van der Waals surface area contributed by atoms with Crippen LogP contribution in [0.1, 0.15) is 23.5 Å². The van der Waals surface area contributed by atoms with Crippen molar-refractivity contribution in [2.24, 2.45) is 5.73 Å². The van der Waals surface area contributed by atoms with Crippen molar-refractivity contribution >= 4 is 40.9 Å². The number of carbonyl (C=O) groups is 3. The Morgan fingerprint density at radius 1 is 1.52 bits per heavy atom. The third kappa shape index (κ3) is 7.09. The molecule has 0 aromatic carbocycles. The maximum Gasteiger partial charge on any atom is 0.326 e. The molecule has 0 aliphatic carbocycles. The number of primary amides is 1. The molecular weight excluding hydrogens is 314 g/mol. The minimum atomic E-state index is -1.18. The maximum absolute atomic E-state index is 11.7. The Hall–Kier alpha value is -1.61. The van der Waals surface area contributed by atoms with Gasteiger partial charge in [-0.1, -0.05) is 0 Å². The zero-order chi connectivity index (χ0) is 15.8. The number of nitrogens with one attached hydrogen (secondary N) is 1. The maximum atomic E-state index is 11.7. The minimum absolute atomic E-state index is 0.00759.